The molecule has 13 heteroatoms. The minimum atomic E-state index is -3.89. The third-order valence-electron chi connectivity index (χ3n) is 4.66. The van der Waals surface area contributed by atoms with Crippen molar-refractivity contribution in [3.63, 3.8) is 0 Å². The second-order valence-corrected chi connectivity index (χ2v) is 11.5. The molecule has 0 aromatic rings. The van der Waals surface area contributed by atoms with Gasteiger partial charge in [-0.2, -0.15) is 0 Å². The van der Waals surface area contributed by atoms with Gasteiger partial charge in [0.25, 0.3) is 0 Å². The van der Waals surface area contributed by atoms with Gasteiger partial charge >= 0.3 is 15.3 Å². The van der Waals surface area contributed by atoms with Gasteiger partial charge in [0.05, 0.1) is 13.2 Å². The highest BCUT2D eigenvalue weighted by Crippen LogP contribution is 2.59. The van der Waals surface area contributed by atoms with Gasteiger partial charge in [0.2, 0.25) is 0 Å². The highest BCUT2D eigenvalue weighted by molar-refractivity contribution is 7.57. The largest absolute Gasteiger partial charge is 0.406 e. The van der Waals surface area contributed by atoms with E-state index in [1.54, 1.807) is 13.8 Å². The summed E-state index contributed by atoms with van der Waals surface area (Å²) in [5.74, 6) is -2.15. The third-order valence-corrected chi connectivity index (χ3v) is 8.63. The Morgan fingerprint density at radius 3 is 1.97 bits per heavy atom. The zero-order valence-corrected chi connectivity index (χ0v) is 20.5. The van der Waals surface area contributed by atoms with Gasteiger partial charge in [-0.1, -0.05) is 13.8 Å². The molecule has 1 unspecified atom stereocenters. The molecular weight excluding hydrogens is 440 g/mol. The first-order chi connectivity index (χ1) is 14.1. The molecule has 2 fully saturated rings. The Morgan fingerprint density at radius 2 is 1.50 bits per heavy atom. The summed E-state index contributed by atoms with van der Waals surface area (Å²) < 4.78 is 71.5. The number of ether oxygens (including phenoxy) is 4. The summed E-state index contributed by atoms with van der Waals surface area (Å²) in [4.78, 5) is 0. The molecule has 2 heterocycles. The second-order valence-electron chi connectivity index (χ2n) is 7.41. The molecular formula is C17H35NO10P2. The van der Waals surface area contributed by atoms with Crippen LogP contribution in [0.1, 0.15) is 40.5 Å². The molecule has 0 amide bonds. The van der Waals surface area contributed by atoms with Crippen molar-refractivity contribution < 1.29 is 46.2 Å². The Balaban J connectivity index is 2.40. The lowest BCUT2D eigenvalue weighted by atomic mass is 10.1. The van der Waals surface area contributed by atoms with Crippen LogP contribution in [0.15, 0.2) is 0 Å². The lowest BCUT2D eigenvalue weighted by Crippen LogP contribution is -2.46. The van der Waals surface area contributed by atoms with Crippen LogP contribution in [-0.4, -0.2) is 70.7 Å². The SMILES string of the molecule is CCCOP(=O)(NC([C@H]1O[C@@H](OC)[C@@H]2OC(C)(C)O[C@@H]21)P(=O)(OC)OC)OCCC. The van der Waals surface area contributed by atoms with Gasteiger partial charge in [-0.15, -0.1) is 0 Å². The van der Waals surface area contributed by atoms with Crippen molar-refractivity contribution in [2.45, 2.75) is 76.7 Å². The standard InChI is InChI=1S/C17H35NO10P2/c1-8-10-24-30(20,25-11-9-2)18-15(29(19,22-6)23-7)13-12-14(16(21-5)26-13)28-17(3,4)27-12/h12-16H,8-11H2,1-7H3,(H,18,20)/t12-,13+,14-,15?,16-/m1/s1. The van der Waals surface area contributed by atoms with Crippen LogP contribution in [0, 0.1) is 0 Å². The summed E-state index contributed by atoms with van der Waals surface area (Å²) in [6.45, 7) is 7.60. The molecule has 5 atom stereocenters. The van der Waals surface area contributed by atoms with E-state index >= 15 is 0 Å². The zero-order chi connectivity index (χ0) is 22.6. The van der Waals surface area contributed by atoms with Crippen molar-refractivity contribution >= 4 is 15.3 Å². The molecule has 0 spiro atoms. The van der Waals surface area contributed by atoms with E-state index in [2.05, 4.69) is 5.09 Å². The van der Waals surface area contributed by atoms with E-state index in [1.807, 2.05) is 13.8 Å². The third kappa shape index (κ3) is 5.91. The van der Waals surface area contributed by atoms with Gasteiger partial charge < -0.3 is 28.0 Å². The van der Waals surface area contributed by atoms with Gasteiger partial charge in [-0.05, 0) is 26.7 Å². The van der Waals surface area contributed by atoms with Crippen LogP contribution in [0.3, 0.4) is 0 Å². The molecule has 1 N–H and O–H groups in total. The highest BCUT2D eigenvalue weighted by atomic mass is 31.2. The summed E-state index contributed by atoms with van der Waals surface area (Å²) >= 11 is 0. The minimum Gasteiger partial charge on any atom is -0.353 e. The average molecular weight is 475 g/mol. The van der Waals surface area contributed by atoms with Crippen molar-refractivity contribution in [2.24, 2.45) is 0 Å². The highest BCUT2D eigenvalue weighted by Gasteiger charge is 2.61. The van der Waals surface area contributed by atoms with Gasteiger partial charge in [-0.3, -0.25) is 13.6 Å². The Morgan fingerprint density at radius 1 is 0.967 bits per heavy atom. The fourth-order valence-corrected chi connectivity index (χ4v) is 7.09. The Hall–Kier alpha value is 0.1000. The first-order valence-corrected chi connectivity index (χ1v) is 13.2. The normalized spacial score (nSPS) is 29.8. The number of hydrogen-bond acceptors (Lipinski definition) is 10. The molecule has 0 bridgehead atoms. The maximum absolute atomic E-state index is 13.5. The topological polar surface area (TPSA) is 120 Å². The summed E-state index contributed by atoms with van der Waals surface area (Å²) in [5, 5.41) is 2.75. The summed E-state index contributed by atoms with van der Waals surface area (Å²) in [5.41, 5.74) is 0. The fraction of sp³-hybridized carbons (Fsp3) is 1.00. The van der Waals surface area contributed by atoms with E-state index in [1.165, 1.54) is 21.3 Å². The van der Waals surface area contributed by atoms with Crippen LogP contribution >= 0.6 is 15.3 Å². The summed E-state index contributed by atoms with van der Waals surface area (Å²) in [6.07, 6.45) is -1.79. The Labute approximate surface area is 178 Å². The lowest BCUT2D eigenvalue weighted by Gasteiger charge is -2.34. The molecule has 11 nitrogen and oxygen atoms in total. The van der Waals surface area contributed by atoms with E-state index in [9.17, 15) is 9.13 Å². The maximum Gasteiger partial charge on any atom is 0.406 e. The maximum atomic E-state index is 13.5. The molecule has 0 aromatic heterocycles. The van der Waals surface area contributed by atoms with E-state index in [-0.39, 0.29) is 13.2 Å². The van der Waals surface area contributed by atoms with Crippen molar-refractivity contribution in [3.05, 3.63) is 0 Å². The molecule has 2 aliphatic heterocycles. The molecule has 178 valence electrons. The quantitative estimate of drug-likeness (QED) is 0.395. The second kappa shape index (κ2) is 10.8. The van der Waals surface area contributed by atoms with E-state index in [0.717, 1.165) is 0 Å². The smallest absolute Gasteiger partial charge is 0.353 e. The number of nitrogens with one attached hydrogen (secondary N) is 1. The zero-order valence-electron chi connectivity index (χ0n) is 18.7. The van der Waals surface area contributed by atoms with E-state index in [4.69, 9.17) is 37.0 Å². The van der Waals surface area contributed by atoms with Crippen LogP contribution in [-0.2, 0) is 46.2 Å². The van der Waals surface area contributed by atoms with Crippen molar-refractivity contribution in [1.29, 1.82) is 0 Å². The average Bonchev–Trinajstić information content (AvgIpc) is 3.21. The summed E-state index contributed by atoms with van der Waals surface area (Å²) in [7, 11) is -3.83. The molecule has 30 heavy (non-hydrogen) atoms. The van der Waals surface area contributed by atoms with Gasteiger partial charge in [-0.25, -0.2) is 9.65 Å². The van der Waals surface area contributed by atoms with Crippen LogP contribution in [0.2, 0.25) is 0 Å². The van der Waals surface area contributed by atoms with Gasteiger partial charge in [0.15, 0.2) is 12.1 Å². The molecule has 0 radical (unpaired) electrons. The molecule has 2 rings (SSSR count). The number of methoxy groups -OCH3 is 1. The molecule has 0 aliphatic carbocycles. The Bertz CT molecular complexity index is 628. The summed E-state index contributed by atoms with van der Waals surface area (Å²) in [6, 6.07) is 0. The monoisotopic (exact) mass is 475 g/mol. The van der Waals surface area contributed by atoms with Crippen molar-refractivity contribution in [3.8, 4) is 0 Å². The lowest BCUT2D eigenvalue weighted by molar-refractivity contribution is -0.227. The molecule has 0 saturated carbocycles. The first-order valence-electron chi connectivity index (χ1n) is 10.0. The van der Waals surface area contributed by atoms with Crippen molar-refractivity contribution in [2.75, 3.05) is 34.5 Å². The predicted octanol–water partition coefficient (Wildman–Crippen LogP) is 3.24. The minimum absolute atomic E-state index is 0.176. The first kappa shape index (κ1) is 26.4. The van der Waals surface area contributed by atoms with Crippen LogP contribution in [0.5, 0.6) is 0 Å². The van der Waals surface area contributed by atoms with Gasteiger partial charge in [0.1, 0.15) is 24.1 Å². The predicted molar refractivity (Wildman–Crippen MR) is 108 cm³/mol. The fourth-order valence-electron chi connectivity index (χ4n) is 3.36. The van der Waals surface area contributed by atoms with Crippen LogP contribution in [0.4, 0.5) is 0 Å². The Kier molecular flexibility index (Phi) is 9.50. The molecule has 2 aliphatic rings. The van der Waals surface area contributed by atoms with Gasteiger partial charge in [0, 0.05) is 21.3 Å². The number of fused-ring (bicyclic) bond motifs is 1. The molecule has 2 saturated heterocycles. The van der Waals surface area contributed by atoms with Crippen LogP contribution < -0.4 is 5.09 Å². The van der Waals surface area contributed by atoms with Crippen molar-refractivity contribution in [1.82, 2.24) is 5.09 Å². The number of rotatable bonds is 13. The number of hydrogen-bond donors (Lipinski definition) is 1. The van der Waals surface area contributed by atoms with Crippen LogP contribution in [0.25, 0.3) is 0 Å². The van der Waals surface area contributed by atoms with E-state index in [0.29, 0.717) is 12.8 Å². The van der Waals surface area contributed by atoms with E-state index < -0.39 is 51.5 Å². The molecule has 0 aromatic carbocycles.